The van der Waals surface area contributed by atoms with Gasteiger partial charge < -0.3 is 10.5 Å². The van der Waals surface area contributed by atoms with Crippen LogP contribution in [-0.4, -0.2) is 22.1 Å². The third kappa shape index (κ3) is 2.33. The molecule has 0 aliphatic heterocycles. The Balaban J connectivity index is 2.12. The van der Waals surface area contributed by atoms with Crippen LogP contribution in [0, 0.1) is 0 Å². The number of carbonyl (C=O) groups is 1. The molecule has 5 nitrogen and oxygen atoms in total. The van der Waals surface area contributed by atoms with Crippen molar-refractivity contribution >= 4 is 23.0 Å². The summed E-state index contributed by atoms with van der Waals surface area (Å²) >= 11 is 0. The lowest BCUT2D eigenvalue weighted by Crippen LogP contribution is -2.04. The van der Waals surface area contributed by atoms with Crippen molar-refractivity contribution in [1.82, 2.24) is 9.55 Å². The summed E-state index contributed by atoms with van der Waals surface area (Å²) in [5, 5.41) is 0. The van der Waals surface area contributed by atoms with Gasteiger partial charge in [0.05, 0.1) is 23.2 Å². The van der Waals surface area contributed by atoms with Gasteiger partial charge in [-0.05, 0) is 37.3 Å². The first-order valence-corrected chi connectivity index (χ1v) is 6.71. The largest absolute Gasteiger partial charge is 0.462 e. The van der Waals surface area contributed by atoms with Crippen LogP contribution in [0.5, 0.6) is 0 Å². The Morgan fingerprint density at radius 3 is 2.71 bits per heavy atom. The highest BCUT2D eigenvalue weighted by Crippen LogP contribution is 2.24. The van der Waals surface area contributed by atoms with Gasteiger partial charge in [-0.25, -0.2) is 9.78 Å². The van der Waals surface area contributed by atoms with E-state index < -0.39 is 0 Å². The highest BCUT2D eigenvalue weighted by atomic mass is 16.5. The predicted octanol–water partition coefficient (Wildman–Crippen LogP) is 2.78. The molecule has 5 heteroatoms. The van der Waals surface area contributed by atoms with Crippen molar-refractivity contribution < 1.29 is 9.53 Å². The molecule has 2 N–H and O–H groups in total. The molecule has 0 saturated heterocycles. The Hall–Kier alpha value is -2.82. The summed E-state index contributed by atoms with van der Waals surface area (Å²) < 4.78 is 6.85. The summed E-state index contributed by atoms with van der Waals surface area (Å²) in [6, 6.07) is 15.0. The molecular weight excluding hydrogens is 266 g/mol. The fraction of sp³-hybridized carbons (Fsp3) is 0.125. The molecule has 3 rings (SSSR count). The van der Waals surface area contributed by atoms with Crippen LogP contribution in [-0.2, 0) is 4.74 Å². The first kappa shape index (κ1) is 13.2. The van der Waals surface area contributed by atoms with E-state index in [2.05, 4.69) is 4.98 Å². The van der Waals surface area contributed by atoms with Crippen LogP contribution in [0.4, 0.5) is 5.95 Å². The van der Waals surface area contributed by atoms with E-state index in [1.54, 1.807) is 19.1 Å². The fourth-order valence-corrected chi connectivity index (χ4v) is 2.29. The first-order chi connectivity index (χ1) is 10.2. The molecule has 0 fully saturated rings. The highest BCUT2D eigenvalue weighted by Gasteiger charge is 2.13. The van der Waals surface area contributed by atoms with Gasteiger partial charge in [-0.1, -0.05) is 18.2 Å². The lowest BCUT2D eigenvalue weighted by Gasteiger charge is -2.06. The maximum Gasteiger partial charge on any atom is 0.338 e. The number of benzene rings is 2. The Morgan fingerprint density at radius 1 is 1.24 bits per heavy atom. The van der Waals surface area contributed by atoms with Gasteiger partial charge >= 0.3 is 5.97 Å². The number of esters is 1. The van der Waals surface area contributed by atoms with E-state index >= 15 is 0 Å². The van der Waals surface area contributed by atoms with Crippen molar-refractivity contribution in [2.75, 3.05) is 12.3 Å². The molecule has 2 aromatic carbocycles. The third-order valence-corrected chi connectivity index (χ3v) is 3.21. The number of nitrogens with zero attached hydrogens (tertiary/aromatic N) is 2. The van der Waals surface area contributed by atoms with Crippen molar-refractivity contribution in [1.29, 1.82) is 0 Å². The molecule has 0 amide bonds. The van der Waals surface area contributed by atoms with Crippen LogP contribution in [0.25, 0.3) is 16.7 Å². The van der Waals surface area contributed by atoms with Crippen LogP contribution in [0.1, 0.15) is 17.3 Å². The number of aromatic nitrogens is 2. The molecule has 3 aromatic rings. The number of nitrogens with two attached hydrogens (primary N) is 1. The Kier molecular flexibility index (Phi) is 3.31. The van der Waals surface area contributed by atoms with Crippen LogP contribution < -0.4 is 5.73 Å². The zero-order valence-electron chi connectivity index (χ0n) is 11.6. The number of ether oxygens (including phenoxy) is 1. The summed E-state index contributed by atoms with van der Waals surface area (Å²) in [5.41, 5.74) is 8.93. The van der Waals surface area contributed by atoms with E-state index in [4.69, 9.17) is 10.5 Å². The third-order valence-electron chi connectivity index (χ3n) is 3.21. The van der Waals surface area contributed by atoms with E-state index in [1.165, 1.54) is 0 Å². The van der Waals surface area contributed by atoms with Gasteiger partial charge in [0.25, 0.3) is 0 Å². The van der Waals surface area contributed by atoms with Crippen molar-refractivity contribution in [2.45, 2.75) is 6.92 Å². The van der Waals surface area contributed by atoms with Crippen LogP contribution in [0.2, 0.25) is 0 Å². The van der Waals surface area contributed by atoms with Gasteiger partial charge in [0.15, 0.2) is 0 Å². The molecule has 1 heterocycles. The second kappa shape index (κ2) is 5.28. The minimum atomic E-state index is -0.354. The minimum absolute atomic E-state index is 0.345. The molecule has 21 heavy (non-hydrogen) atoms. The zero-order valence-corrected chi connectivity index (χ0v) is 11.6. The number of anilines is 1. The summed E-state index contributed by atoms with van der Waals surface area (Å²) in [6.45, 7) is 2.12. The normalized spacial score (nSPS) is 10.7. The lowest BCUT2D eigenvalue weighted by atomic mass is 10.2. The second-order valence-electron chi connectivity index (χ2n) is 4.56. The standard InChI is InChI=1S/C16H15N3O2/c1-2-21-15(20)11-8-9-14-13(10-11)18-16(17)19(14)12-6-4-3-5-7-12/h3-10H,2H2,1H3,(H2,17,18). The van der Waals surface area contributed by atoms with Gasteiger partial charge in [0.2, 0.25) is 5.95 Å². The SMILES string of the molecule is CCOC(=O)c1ccc2c(c1)nc(N)n2-c1ccccc1. The van der Waals surface area contributed by atoms with Crippen LogP contribution in [0.3, 0.4) is 0 Å². The molecule has 0 spiro atoms. The number of imidazole rings is 1. The number of rotatable bonds is 3. The monoisotopic (exact) mass is 281 g/mol. The molecule has 1 aromatic heterocycles. The van der Waals surface area contributed by atoms with E-state index in [0.29, 0.717) is 23.6 Å². The maximum atomic E-state index is 11.8. The highest BCUT2D eigenvalue weighted by molar-refractivity contribution is 5.94. The summed E-state index contributed by atoms with van der Waals surface area (Å²) in [6.07, 6.45) is 0. The molecule has 0 saturated carbocycles. The van der Waals surface area contributed by atoms with Gasteiger partial charge in [-0.2, -0.15) is 0 Å². The number of hydrogen-bond acceptors (Lipinski definition) is 4. The number of hydrogen-bond donors (Lipinski definition) is 1. The Bertz CT molecular complexity index is 794. The predicted molar refractivity (Wildman–Crippen MR) is 81.4 cm³/mol. The number of carbonyl (C=O) groups excluding carboxylic acids is 1. The number of para-hydroxylation sites is 1. The molecule has 0 radical (unpaired) electrons. The number of fused-ring (bicyclic) bond motifs is 1. The van der Waals surface area contributed by atoms with E-state index in [-0.39, 0.29) is 5.97 Å². The summed E-state index contributed by atoms with van der Waals surface area (Å²) in [7, 11) is 0. The van der Waals surface area contributed by atoms with Crippen molar-refractivity contribution in [3.8, 4) is 5.69 Å². The molecule has 0 aliphatic rings. The van der Waals surface area contributed by atoms with Gasteiger partial charge in [-0.3, -0.25) is 4.57 Å². The average molecular weight is 281 g/mol. The van der Waals surface area contributed by atoms with E-state index in [0.717, 1.165) is 11.2 Å². The van der Waals surface area contributed by atoms with Crippen molar-refractivity contribution in [2.24, 2.45) is 0 Å². The average Bonchev–Trinajstić information content (AvgIpc) is 2.83. The molecular formula is C16H15N3O2. The van der Waals surface area contributed by atoms with Crippen molar-refractivity contribution in [3.63, 3.8) is 0 Å². The van der Waals surface area contributed by atoms with Gasteiger partial charge in [0.1, 0.15) is 0 Å². The maximum absolute atomic E-state index is 11.8. The second-order valence-corrected chi connectivity index (χ2v) is 4.56. The summed E-state index contributed by atoms with van der Waals surface area (Å²) in [5.74, 6) is 0.0319. The van der Waals surface area contributed by atoms with E-state index in [1.807, 2.05) is 41.0 Å². The Labute approximate surface area is 122 Å². The lowest BCUT2D eigenvalue weighted by molar-refractivity contribution is 0.0526. The molecule has 0 bridgehead atoms. The number of nitrogen functional groups attached to an aromatic ring is 1. The topological polar surface area (TPSA) is 70.1 Å². The zero-order chi connectivity index (χ0) is 14.8. The Morgan fingerprint density at radius 2 is 2.00 bits per heavy atom. The van der Waals surface area contributed by atoms with Gasteiger partial charge in [0, 0.05) is 5.69 Å². The summed E-state index contributed by atoms with van der Waals surface area (Å²) in [4.78, 5) is 16.1. The fourth-order valence-electron chi connectivity index (χ4n) is 2.29. The van der Waals surface area contributed by atoms with E-state index in [9.17, 15) is 4.79 Å². The van der Waals surface area contributed by atoms with Crippen molar-refractivity contribution in [3.05, 3.63) is 54.1 Å². The minimum Gasteiger partial charge on any atom is -0.462 e. The van der Waals surface area contributed by atoms with Crippen LogP contribution >= 0.6 is 0 Å². The molecule has 106 valence electrons. The van der Waals surface area contributed by atoms with Gasteiger partial charge in [-0.15, -0.1) is 0 Å². The molecule has 0 aliphatic carbocycles. The quantitative estimate of drug-likeness (QED) is 0.749. The molecule has 0 atom stereocenters. The smallest absolute Gasteiger partial charge is 0.338 e. The van der Waals surface area contributed by atoms with Crippen LogP contribution in [0.15, 0.2) is 48.5 Å². The molecule has 0 unspecified atom stereocenters. The first-order valence-electron chi connectivity index (χ1n) is 6.71.